The molecule has 1 amide bonds. The number of imidazole rings is 1. The highest BCUT2D eigenvalue weighted by Gasteiger charge is 2.10. The number of carbonyl (C=O) groups is 1. The fourth-order valence-electron chi connectivity index (χ4n) is 3.24. The predicted molar refractivity (Wildman–Crippen MR) is 120 cm³/mol. The second kappa shape index (κ2) is 9.59. The van der Waals surface area contributed by atoms with Crippen LogP contribution in [-0.4, -0.2) is 31.8 Å². The van der Waals surface area contributed by atoms with E-state index < -0.39 is 0 Å². The van der Waals surface area contributed by atoms with E-state index >= 15 is 0 Å². The second-order valence-electron chi connectivity index (χ2n) is 7.21. The number of hydrogen-bond acceptors (Lipinski definition) is 3. The van der Waals surface area contributed by atoms with Crippen molar-refractivity contribution in [2.75, 3.05) is 6.54 Å². The lowest BCUT2D eigenvalue weighted by atomic mass is 10.1. The molecule has 0 aliphatic heterocycles. The van der Waals surface area contributed by atoms with E-state index in [1.54, 1.807) is 29.5 Å². The first kappa shape index (κ1) is 20.2. The monoisotopic (exact) mass is 409 g/mol. The van der Waals surface area contributed by atoms with Gasteiger partial charge in [-0.25, -0.2) is 9.67 Å². The van der Waals surface area contributed by atoms with Crippen LogP contribution in [-0.2, 0) is 6.54 Å². The maximum absolute atomic E-state index is 12.7. The molecule has 154 valence electrons. The summed E-state index contributed by atoms with van der Waals surface area (Å²) in [4.78, 5) is 16.7. The molecule has 4 rings (SSSR count). The Balaban J connectivity index is 1.52. The van der Waals surface area contributed by atoms with E-state index in [1.807, 2.05) is 66.3 Å². The Morgan fingerprint density at radius 1 is 1.06 bits per heavy atom. The Labute approximate surface area is 181 Å². The van der Waals surface area contributed by atoms with Gasteiger partial charge in [0.1, 0.15) is 0 Å². The molecule has 31 heavy (non-hydrogen) atoms. The summed E-state index contributed by atoms with van der Waals surface area (Å²) in [6.45, 7) is 3.44. The number of aryl methyl sites for hydroxylation is 2. The molecular weight excluding hydrogens is 386 g/mol. The van der Waals surface area contributed by atoms with Crippen molar-refractivity contribution >= 4 is 5.91 Å². The first-order chi connectivity index (χ1) is 15.2. The highest BCUT2D eigenvalue weighted by molar-refractivity contribution is 5.95. The number of rotatable bonds is 6. The van der Waals surface area contributed by atoms with E-state index in [2.05, 4.69) is 27.2 Å². The molecular formula is C25H23N5O. The minimum Gasteiger partial charge on any atom is -0.352 e. The van der Waals surface area contributed by atoms with Gasteiger partial charge in [-0.2, -0.15) is 5.10 Å². The van der Waals surface area contributed by atoms with Crippen molar-refractivity contribution in [2.45, 2.75) is 19.9 Å². The topological polar surface area (TPSA) is 64.7 Å². The van der Waals surface area contributed by atoms with Crippen LogP contribution in [0.1, 0.15) is 33.5 Å². The molecule has 0 fully saturated rings. The Bertz CT molecular complexity index is 1210. The lowest BCUT2D eigenvalue weighted by Gasteiger charge is -2.09. The first-order valence-corrected chi connectivity index (χ1v) is 10.2. The summed E-state index contributed by atoms with van der Waals surface area (Å²) in [5, 5.41) is 7.30. The van der Waals surface area contributed by atoms with E-state index in [0.717, 1.165) is 35.3 Å². The van der Waals surface area contributed by atoms with E-state index in [9.17, 15) is 4.79 Å². The van der Waals surface area contributed by atoms with Crippen molar-refractivity contribution in [1.29, 1.82) is 0 Å². The molecule has 4 aromatic rings. The van der Waals surface area contributed by atoms with Crippen LogP contribution in [0.25, 0.3) is 5.69 Å². The third-order valence-electron chi connectivity index (χ3n) is 4.81. The van der Waals surface area contributed by atoms with Crippen LogP contribution < -0.4 is 5.32 Å². The van der Waals surface area contributed by atoms with E-state index in [4.69, 9.17) is 0 Å². The number of aromatic nitrogens is 4. The molecule has 2 heterocycles. The van der Waals surface area contributed by atoms with Gasteiger partial charge in [0, 0.05) is 49.0 Å². The molecule has 2 aromatic heterocycles. The summed E-state index contributed by atoms with van der Waals surface area (Å²) >= 11 is 0. The molecule has 0 spiro atoms. The standard InChI is InChI=1S/C25H23N5O/c1-20-5-2-6-21(17-20)7-8-22-18-23(9-10-24(22)30-15-4-12-28-30)25(31)27-11-3-14-29-16-13-26-19-29/h2,4-6,9-10,12-13,15-19H,3,11,14H2,1H3,(H,27,31). The molecule has 0 unspecified atom stereocenters. The van der Waals surface area contributed by atoms with E-state index in [1.165, 1.54) is 0 Å². The van der Waals surface area contributed by atoms with Gasteiger partial charge >= 0.3 is 0 Å². The van der Waals surface area contributed by atoms with Gasteiger partial charge in [0.05, 0.1) is 17.6 Å². The minimum atomic E-state index is -0.115. The van der Waals surface area contributed by atoms with Crippen molar-refractivity contribution in [3.8, 4) is 17.5 Å². The fourth-order valence-corrected chi connectivity index (χ4v) is 3.24. The number of nitrogens with zero attached hydrogens (tertiary/aromatic N) is 4. The zero-order valence-electron chi connectivity index (χ0n) is 17.3. The molecule has 0 radical (unpaired) electrons. The summed E-state index contributed by atoms with van der Waals surface area (Å²) in [7, 11) is 0. The largest absolute Gasteiger partial charge is 0.352 e. The van der Waals surface area contributed by atoms with Gasteiger partial charge in [-0.1, -0.05) is 24.0 Å². The summed E-state index contributed by atoms with van der Waals surface area (Å²) in [5.74, 6) is 6.32. The third-order valence-corrected chi connectivity index (χ3v) is 4.81. The van der Waals surface area contributed by atoms with Crippen LogP contribution in [0.15, 0.2) is 79.6 Å². The van der Waals surface area contributed by atoms with Gasteiger partial charge in [0.15, 0.2) is 0 Å². The van der Waals surface area contributed by atoms with Crippen molar-refractivity contribution in [3.05, 3.63) is 102 Å². The average molecular weight is 409 g/mol. The number of carbonyl (C=O) groups excluding carboxylic acids is 1. The fraction of sp³-hybridized carbons (Fsp3) is 0.160. The molecule has 0 aliphatic rings. The maximum atomic E-state index is 12.7. The van der Waals surface area contributed by atoms with Crippen LogP contribution in [0.5, 0.6) is 0 Å². The average Bonchev–Trinajstić information content (AvgIpc) is 3.49. The van der Waals surface area contributed by atoms with Gasteiger partial charge in [-0.05, 0) is 55.3 Å². The molecule has 0 saturated carbocycles. The normalized spacial score (nSPS) is 10.4. The molecule has 1 N–H and O–H groups in total. The first-order valence-electron chi connectivity index (χ1n) is 10.2. The number of amides is 1. The van der Waals surface area contributed by atoms with Crippen molar-refractivity contribution < 1.29 is 4.79 Å². The molecule has 0 saturated heterocycles. The van der Waals surface area contributed by atoms with Gasteiger partial charge < -0.3 is 9.88 Å². The Morgan fingerprint density at radius 3 is 2.77 bits per heavy atom. The van der Waals surface area contributed by atoms with Crippen molar-refractivity contribution in [1.82, 2.24) is 24.6 Å². The molecule has 0 bridgehead atoms. The van der Waals surface area contributed by atoms with Gasteiger partial charge in [-0.15, -0.1) is 0 Å². The lowest BCUT2D eigenvalue weighted by Crippen LogP contribution is -2.25. The minimum absolute atomic E-state index is 0.115. The Hall–Kier alpha value is -4.11. The lowest BCUT2D eigenvalue weighted by molar-refractivity contribution is 0.0952. The summed E-state index contributed by atoms with van der Waals surface area (Å²) in [5.41, 5.74) is 4.24. The molecule has 6 nitrogen and oxygen atoms in total. The maximum Gasteiger partial charge on any atom is 0.251 e. The second-order valence-corrected chi connectivity index (χ2v) is 7.21. The summed E-state index contributed by atoms with van der Waals surface area (Å²) in [6.07, 6.45) is 9.85. The molecule has 0 atom stereocenters. The van der Waals surface area contributed by atoms with Crippen molar-refractivity contribution in [2.24, 2.45) is 0 Å². The zero-order valence-corrected chi connectivity index (χ0v) is 17.3. The third kappa shape index (κ3) is 5.28. The van der Waals surface area contributed by atoms with Gasteiger partial charge in [0.2, 0.25) is 0 Å². The van der Waals surface area contributed by atoms with Crippen molar-refractivity contribution in [3.63, 3.8) is 0 Å². The van der Waals surface area contributed by atoms with Crippen LogP contribution in [0.2, 0.25) is 0 Å². The van der Waals surface area contributed by atoms with Crippen LogP contribution in [0, 0.1) is 18.8 Å². The highest BCUT2D eigenvalue weighted by atomic mass is 16.1. The van der Waals surface area contributed by atoms with E-state index in [0.29, 0.717) is 12.1 Å². The summed E-state index contributed by atoms with van der Waals surface area (Å²) in [6, 6.07) is 15.4. The smallest absolute Gasteiger partial charge is 0.251 e. The number of benzene rings is 2. The van der Waals surface area contributed by atoms with E-state index in [-0.39, 0.29) is 5.91 Å². The number of nitrogens with one attached hydrogen (secondary N) is 1. The molecule has 6 heteroatoms. The summed E-state index contributed by atoms with van der Waals surface area (Å²) < 4.78 is 3.75. The Kier molecular flexibility index (Phi) is 6.24. The Morgan fingerprint density at radius 2 is 2.00 bits per heavy atom. The highest BCUT2D eigenvalue weighted by Crippen LogP contribution is 2.16. The van der Waals surface area contributed by atoms with Gasteiger partial charge in [-0.3, -0.25) is 4.79 Å². The molecule has 2 aromatic carbocycles. The zero-order chi connectivity index (χ0) is 21.5. The SMILES string of the molecule is Cc1cccc(C#Cc2cc(C(=O)NCCCn3ccnc3)ccc2-n2cccn2)c1. The van der Waals surface area contributed by atoms with Gasteiger partial charge in [0.25, 0.3) is 5.91 Å². The van der Waals surface area contributed by atoms with Crippen LogP contribution >= 0.6 is 0 Å². The van der Waals surface area contributed by atoms with Crippen LogP contribution in [0.4, 0.5) is 0 Å². The quantitative estimate of drug-likeness (QED) is 0.391. The van der Waals surface area contributed by atoms with Crippen LogP contribution in [0.3, 0.4) is 0 Å². The predicted octanol–water partition coefficient (Wildman–Crippen LogP) is 3.60. The number of hydrogen-bond donors (Lipinski definition) is 1. The molecule has 0 aliphatic carbocycles.